The van der Waals surface area contributed by atoms with E-state index in [0.717, 1.165) is 35.6 Å². The van der Waals surface area contributed by atoms with Crippen LogP contribution in [0.3, 0.4) is 0 Å². The number of ether oxygens (including phenoxy) is 6. The molecule has 2 aromatic rings. The SMILES string of the molecule is CC(OC(=O)/C=C\C(=O)OC(C)C(NC(C)(C)C)Oc1nsnc1N1CCOCC1)C(NC(C)(C)C)Oc1nsnc1N1CCOCC1. The van der Waals surface area contributed by atoms with Crippen LogP contribution >= 0.6 is 23.5 Å². The van der Waals surface area contributed by atoms with Gasteiger partial charge in [-0.25, -0.2) is 9.59 Å². The monoisotopic (exact) mass is 712 g/mol. The van der Waals surface area contributed by atoms with Gasteiger partial charge in [-0.2, -0.15) is 8.75 Å². The van der Waals surface area contributed by atoms with Crippen molar-refractivity contribution in [2.24, 2.45) is 0 Å². The third-order valence-corrected chi connectivity index (χ3v) is 7.95. The summed E-state index contributed by atoms with van der Waals surface area (Å²) in [5.74, 6) is 0.421. The van der Waals surface area contributed by atoms with Crippen LogP contribution in [0.4, 0.5) is 11.6 Å². The molecule has 4 heterocycles. The van der Waals surface area contributed by atoms with Gasteiger partial charge in [0.05, 0.1) is 49.9 Å². The Morgan fingerprint density at radius 1 is 0.688 bits per heavy atom. The molecule has 16 nitrogen and oxygen atoms in total. The maximum Gasteiger partial charge on any atom is 0.331 e. The maximum atomic E-state index is 12.8. The van der Waals surface area contributed by atoms with Crippen LogP contribution in [0.25, 0.3) is 0 Å². The van der Waals surface area contributed by atoms with Gasteiger partial charge >= 0.3 is 11.9 Å². The van der Waals surface area contributed by atoms with E-state index in [-0.39, 0.29) is 11.1 Å². The largest absolute Gasteiger partial charge is 0.454 e. The summed E-state index contributed by atoms with van der Waals surface area (Å²) >= 11 is 2.08. The van der Waals surface area contributed by atoms with Crippen LogP contribution in [0.15, 0.2) is 12.2 Å². The van der Waals surface area contributed by atoms with Crippen molar-refractivity contribution >= 4 is 47.0 Å². The summed E-state index contributed by atoms with van der Waals surface area (Å²) < 4.78 is 52.1. The van der Waals surface area contributed by atoms with Crippen LogP contribution in [-0.2, 0) is 28.5 Å². The lowest BCUT2D eigenvalue weighted by Gasteiger charge is -2.33. The Balaban J connectivity index is 1.36. The van der Waals surface area contributed by atoms with Gasteiger partial charge in [0.1, 0.15) is 12.2 Å². The molecule has 0 aromatic carbocycles. The summed E-state index contributed by atoms with van der Waals surface area (Å²) in [5, 5.41) is 6.67. The number of nitrogens with one attached hydrogen (secondary N) is 2. The topological polar surface area (TPSA) is 172 Å². The lowest BCUT2D eigenvalue weighted by atomic mass is 10.1. The molecule has 0 aliphatic carbocycles. The van der Waals surface area contributed by atoms with Crippen molar-refractivity contribution in [3.63, 3.8) is 0 Å². The van der Waals surface area contributed by atoms with E-state index in [0.29, 0.717) is 76.0 Å². The molecular formula is C30H48N8O8S2. The summed E-state index contributed by atoms with van der Waals surface area (Å²) in [6, 6.07) is 0. The number of carbonyl (C=O) groups excluding carboxylic acids is 2. The number of morpholine rings is 2. The second-order valence-electron chi connectivity index (χ2n) is 13.5. The number of anilines is 2. The molecular weight excluding hydrogens is 665 g/mol. The fraction of sp³-hybridized carbons (Fsp3) is 0.733. The summed E-state index contributed by atoms with van der Waals surface area (Å²) in [5.41, 5.74) is -0.776. The Bertz CT molecular complexity index is 1250. The molecule has 48 heavy (non-hydrogen) atoms. The predicted molar refractivity (Wildman–Crippen MR) is 181 cm³/mol. The molecule has 4 atom stereocenters. The van der Waals surface area contributed by atoms with Crippen LogP contribution in [0, 0.1) is 0 Å². The molecule has 2 N–H and O–H groups in total. The first-order valence-corrected chi connectivity index (χ1v) is 17.4. The Kier molecular flexibility index (Phi) is 13.3. The van der Waals surface area contributed by atoms with Gasteiger partial charge in [-0.15, -0.1) is 8.75 Å². The number of rotatable bonds is 14. The highest BCUT2D eigenvalue weighted by molar-refractivity contribution is 6.99. The van der Waals surface area contributed by atoms with Gasteiger partial charge in [-0.05, 0) is 55.4 Å². The minimum absolute atomic E-state index is 0.339. The Morgan fingerprint density at radius 2 is 1.04 bits per heavy atom. The summed E-state index contributed by atoms with van der Waals surface area (Å²) in [6.07, 6.45) is -1.01. The fourth-order valence-electron chi connectivity index (χ4n) is 4.72. The number of esters is 2. The molecule has 4 rings (SSSR count). The van der Waals surface area contributed by atoms with Crippen molar-refractivity contribution in [3.05, 3.63) is 12.2 Å². The van der Waals surface area contributed by atoms with Crippen LogP contribution in [0.1, 0.15) is 55.4 Å². The molecule has 0 radical (unpaired) electrons. The van der Waals surface area contributed by atoms with Crippen LogP contribution in [-0.4, -0.2) is 118 Å². The first-order valence-electron chi connectivity index (χ1n) is 16.0. The van der Waals surface area contributed by atoms with Crippen LogP contribution in [0.2, 0.25) is 0 Å². The number of hydrogen-bond donors (Lipinski definition) is 2. The predicted octanol–water partition coefficient (Wildman–Crippen LogP) is 2.37. The molecule has 2 fully saturated rings. The highest BCUT2D eigenvalue weighted by Crippen LogP contribution is 2.29. The molecule has 0 amide bonds. The Morgan fingerprint density at radius 3 is 1.38 bits per heavy atom. The molecule has 268 valence electrons. The number of aromatic nitrogens is 4. The molecule has 2 aromatic heterocycles. The number of nitrogens with zero attached hydrogens (tertiary/aromatic N) is 6. The van der Waals surface area contributed by atoms with Crippen LogP contribution in [0.5, 0.6) is 11.8 Å². The zero-order chi connectivity index (χ0) is 34.9. The minimum Gasteiger partial charge on any atom is -0.454 e. The van der Waals surface area contributed by atoms with E-state index in [1.165, 1.54) is 0 Å². The Hall–Kier alpha value is -3.16. The molecule has 4 unspecified atom stereocenters. The third kappa shape index (κ3) is 11.8. The van der Waals surface area contributed by atoms with E-state index >= 15 is 0 Å². The van der Waals surface area contributed by atoms with Gasteiger partial charge in [-0.3, -0.25) is 10.6 Å². The normalized spacial score (nSPS) is 18.7. The lowest BCUT2D eigenvalue weighted by Crippen LogP contribution is -2.53. The van der Waals surface area contributed by atoms with E-state index in [4.69, 9.17) is 28.4 Å². The van der Waals surface area contributed by atoms with Crippen molar-refractivity contribution in [2.75, 3.05) is 62.4 Å². The second-order valence-corrected chi connectivity index (χ2v) is 14.5. The molecule has 0 spiro atoms. The summed E-state index contributed by atoms with van der Waals surface area (Å²) in [7, 11) is 0. The van der Waals surface area contributed by atoms with Crippen molar-refractivity contribution < 1.29 is 38.0 Å². The van der Waals surface area contributed by atoms with E-state index in [1.54, 1.807) is 13.8 Å². The van der Waals surface area contributed by atoms with Gasteiger partial charge in [0.25, 0.3) is 11.8 Å². The van der Waals surface area contributed by atoms with Crippen LogP contribution < -0.4 is 29.9 Å². The first kappa shape index (κ1) is 37.7. The maximum absolute atomic E-state index is 12.8. The van der Waals surface area contributed by atoms with E-state index in [1.807, 2.05) is 51.3 Å². The summed E-state index contributed by atoms with van der Waals surface area (Å²) in [6.45, 7) is 20.2. The smallest absolute Gasteiger partial charge is 0.331 e. The molecule has 0 saturated carbocycles. The average Bonchev–Trinajstić information content (AvgIpc) is 3.68. The van der Waals surface area contributed by atoms with Gasteiger partial charge < -0.3 is 38.2 Å². The van der Waals surface area contributed by atoms with Gasteiger partial charge in [0.2, 0.25) is 11.6 Å². The van der Waals surface area contributed by atoms with Crippen molar-refractivity contribution in [1.29, 1.82) is 0 Å². The van der Waals surface area contributed by atoms with Crippen molar-refractivity contribution in [2.45, 2.75) is 91.1 Å². The van der Waals surface area contributed by atoms with Crippen molar-refractivity contribution in [1.82, 2.24) is 28.1 Å². The second kappa shape index (κ2) is 17.0. The highest BCUT2D eigenvalue weighted by atomic mass is 32.1. The third-order valence-electron chi connectivity index (χ3n) is 6.95. The zero-order valence-corrected chi connectivity index (χ0v) is 30.5. The minimum atomic E-state index is -0.767. The average molecular weight is 713 g/mol. The fourth-order valence-corrected chi connectivity index (χ4v) is 5.74. The molecule has 2 aliphatic heterocycles. The first-order chi connectivity index (χ1) is 22.7. The van der Waals surface area contributed by atoms with E-state index < -0.39 is 36.6 Å². The van der Waals surface area contributed by atoms with Crippen molar-refractivity contribution in [3.8, 4) is 11.8 Å². The molecule has 0 bridgehead atoms. The molecule has 2 aliphatic rings. The lowest BCUT2D eigenvalue weighted by molar-refractivity contribution is -0.151. The van der Waals surface area contributed by atoms with Gasteiger partial charge in [0.15, 0.2) is 12.5 Å². The molecule has 18 heteroatoms. The van der Waals surface area contributed by atoms with E-state index in [9.17, 15) is 9.59 Å². The quantitative estimate of drug-likeness (QED) is 0.166. The Labute approximate surface area is 290 Å². The van der Waals surface area contributed by atoms with E-state index in [2.05, 4.69) is 28.1 Å². The molecule has 2 saturated heterocycles. The standard InChI is InChI=1S/C30H48N8O8S2/c1-19(25(31-29(3,4)5)45-27-23(33-47-35-27)37-11-15-41-16-12-37)43-21(39)9-10-22(40)44-20(2)26(32-30(6,7)8)46-28-24(34-48-36-28)38-13-17-42-18-14-38/h9-10,19-20,25-26,31-32H,11-18H2,1-8H3/b10-9-. The number of carbonyl (C=O) groups is 2. The summed E-state index contributed by atoms with van der Waals surface area (Å²) in [4.78, 5) is 29.8. The zero-order valence-electron chi connectivity index (χ0n) is 28.9. The highest BCUT2D eigenvalue weighted by Gasteiger charge is 2.32. The van der Waals surface area contributed by atoms with Gasteiger partial charge in [0, 0.05) is 49.4 Å². The number of hydrogen-bond acceptors (Lipinski definition) is 18. The van der Waals surface area contributed by atoms with Gasteiger partial charge in [-0.1, -0.05) is 0 Å².